The van der Waals surface area contributed by atoms with Crippen molar-refractivity contribution in [3.05, 3.63) is 39.6 Å². The highest BCUT2D eigenvalue weighted by Gasteiger charge is 2.24. The number of anilines is 1. The van der Waals surface area contributed by atoms with Gasteiger partial charge in [-0.15, -0.1) is 0 Å². The van der Waals surface area contributed by atoms with E-state index in [0.717, 1.165) is 0 Å². The number of rotatable bonds is 4. The molecule has 21 heavy (non-hydrogen) atoms. The van der Waals surface area contributed by atoms with Crippen molar-refractivity contribution in [1.29, 1.82) is 0 Å². The van der Waals surface area contributed by atoms with E-state index in [1.165, 1.54) is 16.8 Å². The Hall–Kier alpha value is -1.24. The normalized spacial score (nSPS) is 11.8. The van der Waals surface area contributed by atoms with Crippen LogP contribution in [0, 0.1) is 0 Å². The van der Waals surface area contributed by atoms with Crippen LogP contribution in [0.3, 0.4) is 0 Å². The van der Waals surface area contributed by atoms with Crippen molar-refractivity contribution in [1.82, 2.24) is 9.78 Å². The van der Waals surface area contributed by atoms with Gasteiger partial charge in [-0.25, -0.2) is 8.42 Å². The highest BCUT2D eigenvalue weighted by molar-refractivity contribution is 7.90. The smallest absolute Gasteiger partial charge is 0.186 e. The van der Waals surface area contributed by atoms with Crippen molar-refractivity contribution in [2.75, 3.05) is 5.73 Å². The largest absolute Gasteiger partial charge is 0.398 e. The number of benzene rings is 1. The lowest BCUT2D eigenvalue weighted by molar-refractivity contribution is 0.592. The minimum Gasteiger partial charge on any atom is -0.398 e. The molecular weight excluding hydrogens is 333 g/mol. The van der Waals surface area contributed by atoms with E-state index < -0.39 is 9.84 Å². The summed E-state index contributed by atoms with van der Waals surface area (Å²) in [7, 11) is -2.00. The maximum absolute atomic E-state index is 12.5. The summed E-state index contributed by atoms with van der Waals surface area (Å²) < 4.78 is 26.6. The van der Waals surface area contributed by atoms with Gasteiger partial charge in [0.1, 0.15) is 0 Å². The van der Waals surface area contributed by atoms with Crippen LogP contribution in [-0.2, 0) is 29.1 Å². The molecule has 0 radical (unpaired) electrons. The molecule has 0 aliphatic heterocycles. The lowest BCUT2D eigenvalue weighted by Gasteiger charge is -2.08. The van der Waals surface area contributed by atoms with Gasteiger partial charge in [-0.3, -0.25) is 4.68 Å². The fourth-order valence-electron chi connectivity index (χ4n) is 2.01. The van der Waals surface area contributed by atoms with Crippen molar-refractivity contribution in [3.8, 4) is 0 Å². The molecule has 0 saturated heterocycles. The van der Waals surface area contributed by atoms with Gasteiger partial charge >= 0.3 is 0 Å². The number of aryl methyl sites for hydroxylation is 2. The topological polar surface area (TPSA) is 78.0 Å². The Labute approximate surface area is 133 Å². The summed E-state index contributed by atoms with van der Waals surface area (Å²) in [4.78, 5) is 0.00492. The van der Waals surface area contributed by atoms with E-state index in [2.05, 4.69) is 5.10 Å². The summed E-state index contributed by atoms with van der Waals surface area (Å²) in [6, 6.07) is 4.36. The van der Waals surface area contributed by atoms with Crippen LogP contribution in [-0.4, -0.2) is 18.2 Å². The Morgan fingerprint density at radius 1 is 1.33 bits per heavy atom. The Bertz CT molecular complexity index is 785. The predicted molar refractivity (Wildman–Crippen MR) is 84.4 cm³/mol. The summed E-state index contributed by atoms with van der Waals surface area (Å²) in [5, 5.41) is 4.90. The highest BCUT2D eigenvalue weighted by atomic mass is 35.5. The molecule has 0 saturated carbocycles. The van der Waals surface area contributed by atoms with Gasteiger partial charge in [-0.05, 0) is 24.6 Å². The van der Waals surface area contributed by atoms with Crippen LogP contribution in [0.2, 0.25) is 10.0 Å². The standard InChI is InChI=1S/C13H15Cl2N3O2S/c1-3-10-13(15)11(18(2)17-10)7-21(19,20)12-6-8(14)4-5-9(12)16/h4-6H,3,7,16H2,1-2H3. The molecule has 1 heterocycles. The number of aromatic nitrogens is 2. The monoisotopic (exact) mass is 347 g/mol. The fraction of sp³-hybridized carbons (Fsp3) is 0.308. The summed E-state index contributed by atoms with van der Waals surface area (Å²) in [5.74, 6) is -0.278. The molecule has 0 aliphatic rings. The predicted octanol–water partition coefficient (Wildman–Crippen LogP) is 2.85. The molecule has 0 unspecified atom stereocenters. The Kier molecular flexibility index (Phi) is 4.51. The van der Waals surface area contributed by atoms with Crippen LogP contribution in [0.1, 0.15) is 18.3 Å². The Morgan fingerprint density at radius 2 is 2.00 bits per heavy atom. The first kappa shape index (κ1) is 16.1. The third-order valence-electron chi connectivity index (χ3n) is 3.14. The zero-order valence-corrected chi connectivity index (χ0v) is 13.9. The molecule has 2 rings (SSSR count). The van der Waals surface area contributed by atoms with Crippen LogP contribution in [0.5, 0.6) is 0 Å². The van der Waals surface area contributed by atoms with Gasteiger partial charge in [0.05, 0.1) is 32.7 Å². The Morgan fingerprint density at radius 3 is 2.57 bits per heavy atom. The maximum atomic E-state index is 12.5. The molecule has 0 aliphatic carbocycles. The highest BCUT2D eigenvalue weighted by Crippen LogP contribution is 2.29. The van der Waals surface area contributed by atoms with E-state index in [-0.39, 0.29) is 16.3 Å². The minimum absolute atomic E-state index is 0.00492. The first-order valence-corrected chi connectivity index (χ1v) is 8.65. The molecule has 0 amide bonds. The second-order valence-electron chi connectivity index (χ2n) is 4.63. The average molecular weight is 348 g/mol. The summed E-state index contributed by atoms with van der Waals surface area (Å²) in [6.07, 6.45) is 0.631. The van der Waals surface area contributed by atoms with E-state index in [0.29, 0.717) is 27.9 Å². The second kappa shape index (κ2) is 5.87. The van der Waals surface area contributed by atoms with Crippen molar-refractivity contribution in [2.24, 2.45) is 7.05 Å². The van der Waals surface area contributed by atoms with E-state index in [1.807, 2.05) is 6.92 Å². The molecule has 0 atom stereocenters. The van der Waals surface area contributed by atoms with Crippen molar-refractivity contribution in [2.45, 2.75) is 24.0 Å². The third kappa shape index (κ3) is 3.17. The van der Waals surface area contributed by atoms with Gasteiger partial charge in [0, 0.05) is 12.1 Å². The molecule has 0 bridgehead atoms. The van der Waals surface area contributed by atoms with E-state index in [9.17, 15) is 8.42 Å². The van der Waals surface area contributed by atoms with Crippen LogP contribution < -0.4 is 5.73 Å². The van der Waals surface area contributed by atoms with Gasteiger partial charge < -0.3 is 5.73 Å². The maximum Gasteiger partial charge on any atom is 0.186 e. The first-order chi connectivity index (χ1) is 9.76. The van der Waals surface area contributed by atoms with Crippen molar-refractivity contribution < 1.29 is 8.42 Å². The zero-order valence-electron chi connectivity index (χ0n) is 11.6. The lowest BCUT2D eigenvalue weighted by atomic mass is 10.3. The number of sulfone groups is 1. The Balaban J connectivity index is 2.47. The summed E-state index contributed by atoms with van der Waals surface area (Å²) in [5.41, 5.74) is 7.01. The van der Waals surface area contributed by atoms with Gasteiger partial charge in [-0.1, -0.05) is 30.1 Å². The van der Waals surface area contributed by atoms with Crippen LogP contribution in [0.25, 0.3) is 0 Å². The SMILES string of the molecule is CCc1nn(C)c(CS(=O)(=O)c2cc(Cl)ccc2N)c1Cl. The molecule has 114 valence electrons. The zero-order chi connectivity index (χ0) is 15.8. The minimum atomic E-state index is -3.66. The molecule has 2 aromatic rings. The molecule has 2 N–H and O–H groups in total. The van der Waals surface area contributed by atoms with E-state index in [4.69, 9.17) is 28.9 Å². The van der Waals surface area contributed by atoms with Crippen molar-refractivity contribution >= 4 is 38.7 Å². The number of nitrogen functional groups attached to an aromatic ring is 1. The molecule has 5 nitrogen and oxygen atoms in total. The van der Waals surface area contributed by atoms with Crippen LogP contribution in [0.15, 0.2) is 23.1 Å². The van der Waals surface area contributed by atoms with Crippen LogP contribution in [0.4, 0.5) is 5.69 Å². The van der Waals surface area contributed by atoms with Crippen LogP contribution >= 0.6 is 23.2 Å². The number of nitrogens with zero attached hydrogens (tertiary/aromatic N) is 2. The number of hydrogen-bond acceptors (Lipinski definition) is 4. The quantitative estimate of drug-likeness (QED) is 0.862. The molecule has 1 aromatic heterocycles. The van der Waals surface area contributed by atoms with Gasteiger partial charge in [0.2, 0.25) is 0 Å². The number of halogens is 2. The van der Waals surface area contributed by atoms with Crippen molar-refractivity contribution in [3.63, 3.8) is 0 Å². The first-order valence-electron chi connectivity index (χ1n) is 6.24. The average Bonchev–Trinajstić information content (AvgIpc) is 2.68. The molecular formula is C13H15Cl2N3O2S. The lowest BCUT2D eigenvalue weighted by Crippen LogP contribution is -2.11. The fourth-order valence-corrected chi connectivity index (χ4v) is 4.27. The summed E-state index contributed by atoms with van der Waals surface area (Å²) >= 11 is 12.0. The molecule has 8 heteroatoms. The second-order valence-corrected chi connectivity index (χ2v) is 7.40. The third-order valence-corrected chi connectivity index (χ3v) is 5.49. The van der Waals surface area contributed by atoms with Gasteiger partial charge in [0.15, 0.2) is 9.84 Å². The molecule has 0 spiro atoms. The van der Waals surface area contributed by atoms with Gasteiger partial charge in [0.25, 0.3) is 0 Å². The van der Waals surface area contributed by atoms with Gasteiger partial charge in [-0.2, -0.15) is 5.10 Å². The van der Waals surface area contributed by atoms with E-state index in [1.54, 1.807) is 13.1 Å². The number of nitrogens with two attached hydrogens (primary N) is 1. The molecule has 1 aromatic carbocycles. The summed E-state index contributed by atoms with van der Waals surface area (Å²) in [6.45, 7) is 1.90. The number of hydrogen-bond donors (Lipinski definition) is 1. The van der Waals surface area contributed by atoms with E-state index >= 15 is 0 Å². The molecule has 0 fully saturated rings.